The minimum absolute atomic E-state index is 0.108. The molecule has 0 heterocycles. The second-order valence-corrected chi connectivity index (χ2v) is 8.78. The van der Waals surface area contributed by atoms with Crippen LogP contribution in [0.5, 0.6) is 5.75 Å². The van der Waals surface area contributed by atoms with Gasteiger partial charge in [0, 0.05) is 5.69 Å². The third-order valence-electron chi connectivity index (χ3n) is 4.44. The van der Waals surface area contributed by atoms with Crippen molar-refractivity contribution < 1.29 is 22.3 Å². The van der Waals surface area contributed by atoms with E-state index in [-0.39, 0.29) is 11.3 Å². The molecule has 0 spiro atoms. The zero-order valence-electron chi connectivity index (χ0n) is 16.5. The molecule has 3 aromatic rings. The molecule has 0 fully saturated rings. The average Bonchev–Trinajstić information content (AvgIpc) is 2.74. The Morgan fingerprint density at radius 2 is 1.74 bits per heavy atom. The molecule has 3 aromatic carbocycles. The summed E-state index contributed by atoms with van der Waals surface area (Å²) in [5.41, 5.74) is 1.15. The van der Waals surface area contributed by atoms with Crippen LogP contribution < -0.4 is 14.8 Å². The molecule has 0 bridgehead atoms. The Balaban J connectivity index is 1.85. The summed E-state index contributed by atoms with van der Waals surface area (Å²) in [6.07, 6.45) is 0.108. The van der Waals surface area contributed by atoms with Crippen molar-refractivity contribution in [3.8, 4) is 5.75 Å². The van der Waals surface area contributed by atoms with Crippen LogP contribution in [0.4, 0.5) is 10.1 Å². The molecule has 0 aromatic heterocycles. The van der Waals surface area contributed by atoms with Gasteiger partial charge in [-0.1, -0.05) is 41.9 Å². The average molecular weight is 463 g/mol. The number of halogens is 2. The number of benzene rings is 3. The molecule has 9 heteroatoms. The first-order valence-corrected chi connectivity index (χ1v) is 11.1. The third-order valence-corrected chi connectivity index (χ3v) is 6.22. The van der Waals surface area contributed by atoms with E-state index in [1.165, 1.54) is 13.2 Å². The summed E-state index contributed by atoms with van der Waals surface area (Å²) < 4.78 is 46.3. The number of amides is 1. The zero-order chi connectivity index (χ0) is 22.4. The van der Waals surface area contributed by atoms with Gasteiger partial charge in [0.25, 0.3) is 0 Å². The van der Waals surface area contributed by atoms with Crippen molar-refractivity contribution in [3.63, 3.8) is 0 Å². The summed E-state index contributed by atoms with van der Waals surface area (Å²) in [5.74, 6) is -0.692. The smallest absolute Gasteiger partial charge is 0.242 e. The predicted octanol–water partition coefficient (Wildman–Crippen LogP) is 4.02. The number of hydrogen-bond donors (Lipinski definition) is 2. The molecule has 0 saturated carbocycles. The lowest BCUT2D eigenvalue weighted by molar-refractivity contribution is -0.117. The highest BCUT2D eigenvalue weighted by Gasteiger charge is 2.26. The first-order valence-electron chi connectivity index (χ1n) is 9.25. The van der Waals surface area contributed by atoms with Crippen LogP contribution in [-0.4, -0.2) is 27.5 Å². The number of nitrogens with one attached hydrogen (secondary N) is 2. The number of rotatable bonds is 8. The lowest BCUT2D eigenvalue weighted by Gasteiger charge is -2.19. The summed E-state index contributed by atoms with van der Waals surface area (Å²) in [6, 6.07) is 16.9. The molecule has 0 unspecified atom stereocenters. The van der Waals surface area contributed by atoms with Gasteiger partial charge in [-0.2, -0.15) is 4.72 Å². The fourth-order valence-corrected chi connectivity index (χ4v) is 4.33. The normalized spacial score (nSPS) is 12.2. The van der Waals surface area contributed by atoms with Crippen LogP contribution >= 0.6 is 11.6 Å². The molecule has 0 aliphatic rings. The monoisotopic (exact) mass is 462 g/mol. The van der Waals surface area contributed by atoms with E-state index in [4.69, 9.17) is 16.3 Å². The Bertz CT molecular complexity index is 1160. The maximum atomic E-state index is 13.2. The Hall–Kier alpha value is -2.94. The lowest BCUT2D eigenvalue weighted by atomic mass is 10.1. The van der Waals surface area contributed by atoms with Crippen molar-refractivity contribution in [1.82, 2.24) is 4.72 Å². The molecule has 1 amide bonds. The molecular formula is C22H20ClFN2O4S. The van der Waals surface area contributed by atoms with Crippen molar-refractivity contribution in [1.29, 1.82) is 0 Å². The van der Waals surface area contributed by atoms with Gasteiger partial charge in [0.15, 0.2) is 0 Å². The van der Waals surface area contributed by atoms with E-state index in [0.29, 0.717) is 16.5 Å². The molecule has 31 heavy (non-hydrogen) atoms. The number of sulfonamides is 1. The number of carbonyl (C=O) groups excluding carboxylic acids is 1. The van der Waals surface area contributed by atoms with Crippen molar-refractivity contribution >= 4 is 33.2 Å². The largest absolute Gasteiger partial charge is 0.495 e. The van der Waals surface area contributed by atoms with Gasteiger partial charge in [0.2, 0.25) is 15.9 Å². The number of methoxy groups -OCH3 is 1. The molecule has 6 nitrogen and oxygen atoms in total. The van der Waals surface area contributed by atoms with Crippen LogP contribution in [-0.2, 0) is 21.2 Å². The molecule has 0 saturated heterocycles. The summed E-state index contributed by atoms with van der Waals surface area (Å²) in [7, 11) is -2.60. The molecule has 0 aliphatic carbocycles. The summed E-state index contributed by atoms with van der Waals surface area (Å²) in [5, 5.41) is 2.97. The second-order valence-electron chi connectivity index (χ2n) is 6.66. The van der Waals surface area contributed by atoms with Crippen LogP contribution in [0.15, 0.2) is 77.7 Å². The molecule has 3 rings (SSSR count). The van der Waals surface area contributed by atoms with Gasteiger partial charge in [-0.05, 0) is 54.4 Å². The van der Waals surface area contributed by atoms with Gasteiger partial charge in [0.1, 0.15) is 17.6 Å². The fraction of sp³-hybridized carbons (Fsp3) is 0.136. The summed E-state index contributed by atoms with van der Waals surface area (Å²) >= 11 is 6.10. The Morgan fingerprint density at radius 3 is 2.35 bits per heavy atom. The summed E-state index contributed by atoms with van der Waals surface area (Å²) in [4.78, 5) is 12.8. The molecule has 0 aliphatic heterocycles. The highest BCUT2D eigenvalue weighted by molar-refractivity contribution is 7.89. The van der Waals surface area contributed by atoms with Gasteiger partial charge in [0.05, 0.1) is 17.0 Å². The van der Waals surface area contributed by atoms with Crippen molar-refractivity contribution in [2.45, 2.75) is 17.4 Å². The van der Waals surface area contributed by atoms with Crippen molar-refractivity contribution in [2.75, 3.05) is 12.4 Å². The molecule has 1 atom stereocenters. The number of hydrogen-bond acceptors (Lipinski definition) is 4. The van der Waals surface area contributed by atoms with Crippen LogP contribution in [0, 0.1) is 5.82 Å². The topological polar surface area (TPSA) is 84.5 Å². The van der Waals surface area contributed by atoms with Crippen molar-refractivity contribution in [2.24, 2.45) is 0 Å². The van der Waals surface area contributed by atoms with Crippen molar-refractivity contribution in [3.05, 3.63) is 89.2 Å². The van der Waals surface area contributed by atoms with E-state index in [9.17, 15) is 17.6 Å². The van der Waals surface area contributed by atoms with E-state index in [1.807, 2.05) is 6.07 Å². The maximum Gasteiger partial charge on any atom is 0.242 e. The SMILES string of the molecule is COc1ccc(NC(=O)[C@@H](Cc2ccccc2)NS(=O)(=O)c2ccc(F)cc2)cc1Cl. The highest BCUT2D eigenvalue weighted by Crippen LogP contribution is 2.27. The molecule has 162 valence electrons. The van der Waals surface area contributed by atoms with Gasteiger partial charge in [-0.3, -0.25) is 4.79 Å². The Labute approximate surface area is 185 Å². The van der Waals surface area contributed by atoms with Gasteiger partial charge < -0.3 is 10.1 Å². The zero-order valence-corrected chi connectivity index (χ0v) is 18.1. The molecule has 2 N–H and O–H groups in total. The van der Waals surface area contributed by atoms with Crippen LogP contribution in [0.2, 0.25) is 5.02 Å². The minimum atomic E-state index is -4.08. The predicted molar refractivity (Wildman–Crippen MR) is 117 cm³/mol. The quantitative estimate of drug-likeness (QED) is 0.529. The highest BCUT2D eigenvalue weighted by atomic mass is 35.5. The van der Waals surface area contributed by atoms with E-state index in [0.717, 1.165) is 29.8 Å². The van der Waals surface area contributed by atoms with Crippen LogP contribution in [0.3, 0.4) is 0 Å². The summed E-state index contributed by atoms with van der Waals surface area (Å²) in [6.45, 7) is 0. The lowest BCUT2D eigenvalue weighted by Crippen LogP contribution is -2.45. The first kappa shape index (κ1) is 22.7. The van der Waals surface area contributed by atoms with Gasteiger partial charge in [-0.15, -0.1) is 0 Å². The minimum Gasteiger partial charge on any atom is -0.495 e. The van der Waals surface area contributed by atoms with Crippen LogP contribution in [0.1, 0.15) is 5.56 Å². The number of ether oxygens (including phenoxy) is 1. The Kier molecular flexibility index (Phi) is 7.27. The third kappa shape index (κ3) is 6.04. The van der Waals surface area contributed by atoms with Crippen LogP contribution in [0.25, 0.3) is 0 Å². The van der Waals surface area contributed by atoms with Gasteiger partial charge >= 0.3 is 0 Å². The molecular weight excluding hydrogens is 443 g/mol. The Morgan fingerprint density at radius 1 is 1.06 bits per heavy atom. The van der Waals surface area contributed by atoms with E-state index in [1.54, 1.807) is 36.4 Å². The van der Waals surface area contributed by atoms with E-state index in [2.05, 4.69) is 10.0 Å². The second kappa shape index (κ2) is 9.91. The van der Waals surface area contributed by atoms with Gasteiger partial charge in [-0.25, -0.2) is 12.8 Å². The maximum absolute atomic E-state index is 13.2. The van der Waals surface area contributed by atoms with E-state index < -0.39 is 27.8 Å². The first-order chi connectivity index (χ1) is 14.8. The number of carbonyl (C=O) groups is 1. The molecule has 0 radical (unpaired) electrons. The fourth-order valence-electron chi connectivity index (χ4n) is 2.88. The standard InChI is InChI=1S/C22H20ClFN2O4S/c1-30-21-12-9-17(14-19(21)23)25-22(27)20(13-15-5-3-2-4-6-15)26-31(28,29)18-10-7-16(24)8-11-18/h2-12,14,20,26H,13H2,1H3,(H,25,27)/t20-/m1/s1. The number of anilines is 1. The van der Waals surface area contributed by atoms with E-state index >= 15 is 0 Å².